The number of carbonyl (C=O) groups excluding carboxylic acids is 1. The summed E-state index contributed by atoms with van der Waals surface area (Å²) in [6.45, 7) is 5.31. The maximum absolute atomic E-state index is 11.8. The van der Waals surface area contributed by atoms with Gasteiger partial charge in [0.1, 0.15) is 6.04 Å². The van der Waals surface area contributed by atoms with Crippen LogP contribution in [0.5, 0.6) is 0 Å². The first-order valence-electron chi connectivity index (χ1n) is 5.12. The first-order chi connectivity index (χ1) is 7.58. The van der Waals surface area contributed by atoms with Gasteiger partial charge in [0, 0.05) is 0 Å². The Bertz CT molecular complexity index is 436. The number of amides is 1. The molecule has 1 aromatic rings. The van der Waals surface area contributed by atoms with E-state index in [1.807, 2.05) is 13.0 Å². The third-order valence-corrected chi connectivity index (χ3v) is 2.11. The van der Waals surface area contributed by atoms with Crippen LogP contribution in [-0.2, 0) is 6.42 Å². The third-order valence-electron chi connectivity index (χ3n) is 2.11. The zero-order valence-electron chi connectivity index (χ0n) is 9.61. The molecule has 0 aromatic carbocycles. The Labute approximate surface area is 94.5 Å². The van der Waals surface area contributed by atoms with Gasteiger partial charge in [-0.3, -0.25) is 4.79 Å². The van der Waals surface area contributed by atoms with E-state index in [4.69, 9.17) is 5.26 Å². The molecule has 1 N–H and O–H groups in total. The van der Waals surface area contributed by atoms with Crippen LogP contribution in [0.25, 0.3) is 0 Å². The number of rotatable bonds is 3. The minimum absolute atomic E-state index is 0.274. The molecule has 0 saturated heterocycles. The lowest BCUT2D eigenvalue weighted by Gasteiger charge is -2.09. The fourth-order valence-corrected chi connectivity index (χ4v) is 1.28. The number of nitrogens with one attached hydrogen (secondary N) is 1. The molecule has 84 valence electrons. The summed E-state index contributed by atoms with van der Waals surface area (Å²) in [5.74, 6) is -0.274. The summed E-state index contributed by atoms with van der Waals surface area (Å²) < 4.78 is 0. The molecule has 0 aliphatic heterocycles. The molecule has 0 radical (unpaired) electrons. The quantitative estimate of drug-likeness (QED) is 0.820. The van der Waals surface area contributed by atoms with Gasteiger partial charge in [0.25, 0.3) is 5.91 Å². The molecule has 16 heavy (non-hydrogen) atoms. The van der Waals surface area contributed by atoms with Gasteiger partial charge in [-0.2, -0.15) is 15.5 Å². The van der Waals surface area contributed by atoms with E-state index in [2.05, 4.69) is 15.5 Å². The van der Waals surface area contributed by atoms with Crippen molar-refractivity contribution in [2.75, 3.05) is 0 Å². The second-order valence-electron chi connectivity index (χ2n) is 3.52. The number of nitriles is 1. The SMILES string of the molecule is CCc1nnc(C)cc1C(=O)NC(C)C#N. The lowest BCUT2D eigenvalue weighted by atomic mass is 10.1. The molecule has 0 spiro atoms. The van der Waals surface area contributed by atoms with Crippen LogP contribution in [-0.4, -0.2) is 22.1 Å². The van der Waals surface area contributed by atoms with Crippen LogP contribution < -0.4 is 5.32 Å². The standard InChI is InChI=1S/C11H14N4O/c1-4-10-9(5-7(2)14-15-10)11(16)13-8(3)6-12/h5,8H,4H2,1-3H3,(H,13,16). The highest BCUT2D eigenvalue weighted by molar-refractivity contribution is 5.95. The van der Waals surface area contributed by atoms with Crippen molar-refractivity contribution < 1.29 is 4.79 Å². The minimum Gasteiger partial charge on any atom is -0.336 e. The summed E-state index contributed by atoms with van der Waals surface area (Å²) in [5, 5.41) is 19.1. The molecule has 0 fully saturated rings. The van der Waals surface area contributed by atoms with Crippen molar-refractivity contribution in [3.63, 3.8) is 0 Å². The molecular weight excluding hydrogens is 204 g/mol. The van der Waals surface area contributed by atoms with Crippen LogP contribution >= 0.6 is 0 Å². The molecule has 0 aliphatic rings. The van der Waals surface area contributed by atoms with E-state index in [1.54, 1.807) is 19.9 Å². The molecule has 0 bridgehead atoms. The second-order valence-corrected chi connectivity index (χ2v) is 3.52. The van der Waals surface area contributed by atoms with E-state index in [-0.39, 0.29) is 5.91 Å². The second kappa shape index (κ2) is 5.21. The number of carbonyl (C=O) groups is 1. The zero-order valence-corrected chi connectivity index (χ0v) is 9.61. The Morgan fingerprint density at radius 2 is 2.31 bits per heavy atom. The average molecular weight is 218 g/mol. The minimum atomic E-state index is -0.509. The third kappa shape index (κ3) is 2.76. The van der Waals surface area contributed by atoms with Gasteiger partial charge in [-0.25, -0.2) is 0 Å². The Morgan fingerprint density at radius 1 is 1.62 bits per heavy atom. The molecule has 0 aliphatic carbocycles. The predicted octanol–water partition coefficient (Wildman–Crippen LogP) is 0.989. The van der Waals surface area contributed by atoms with Crippen molar-refractivity contribution in [1.82, 2.24) is 15.5 Å². The van der Waals surface area contributed by atoms with E-state index in [0.29, 0.717) is 23.4 Å². The molecular formula is C11H14N4O. The zero-order chi connectivity index (χ0) is 12.1. The largest absolute Gasteiger partial charge is 0.336 e. The molecule has 1 rings (SSSR count). The molecule has 5 nitrogen and oxygen atoms in total. The van der Waals surface area contributed by atoms with Crippen molar-refractivity contribution in [2.45, 2.75) is 33.2 Å². The summed E-state index contributed by atoms with van der Waals surface area (Å²) in [7, 11) is 0. The van der Waals surface area contributed by atoms with Crippen LogP contribution in [0.3, 0.4) is 0 Å². The molecule has 1 heterocycles. The number of aromatic nitrogens is 2. The molecule has 5 heteroatoms. The molecule has 1 unspecified atom stereocenters. The van der Waals surface area contributed by atoms with E-state index in [9.17, 15) is 4.79 Å². The summed E-state index contributed by atoms with van der Waals surface area (Å²) in [5.41, 5.74) is 1.83. The highest BCUT2D eigenvalue weighted by Crippen LogP contribution is 2.07. The topological polar surface area (TPSA) is 78.7 Å². The first kappa shape index (κ1) is 12.1. The van der Waals surface area contributed by atoms with Crippen LogP contribution in [0.2, 0.25) is 0 Å². The molecule has 1 atom stereocenters. The van der Waals surface area contributed by atoms with Crippen molar-refractivity contribution in [3.8, 4) is 6.07 Å². The fraction of sp³-hybridized carbons (Fsp3) is 0.455. The van der Waals surface area contributed by atoms with Crippen molar-refractivity contribution >= 4 is 5.91 Å². The average Bonchev–Trinajstić information content (AvgIpc) is 2.28. The highest BCUT2D eigenvalue weighted by Gasteiger charge is 2.14. The maximum Gasteiger partial charge on any atom is 0.254 e. The van der Waals surface area contributed by atoms with E-state index in [1.165, 1.54) is 0 Å². The highest BCUT2D eigenvalue weighted by atomic mass is 16.1. The normalized spacial score (nSPS) is 11.6. The summed E-state index contributed by atoms with van der Waals surface area (Å²) >= 11 is 0. The van der Waals surface area contributed by atoms with Crippen LogP contribution in [0.15, 0.2) is 6.07 Å². The van der Waals surface area contributed by atoms with Gasteiger partial charge in [-0.15, -0.1) is 0 Å². The van der Waals surface area contributed by atoms with Crippen molar-refractivity contribution in [3.05, 3.63) is 23.0 Å². The Balaban J connectivity index is 2.98. The first-order valence-corrected chi connectivity index (χ1v) is 5.12. The van der Waals surface area contributed by atoms with Gasteiger partial charge in [0.05, 0.1) is 23.0 Å². The van der Waals surface area contributed by atoms with Gasteiger partial charge < -0.3 is 5.32 Å². The van der Waals surface area contributed by atoms with Crippen LogP contribution in [0.1, 0.15) is 35.6 Å². The van der Waals surface area contributed by atoms with Gasteiger partial charge >= 0.3 is 0 Å². The molecule has 0 saturated carbocycles. The Morgan fingerprint density at radius 3 is 2.88 bits per heavy atom. The molecule has 1 amide bonds. The monoisotopic (exact) mass is 218 g/mol. The maximum atomic E-state index is 11.8. The van der Waals surface area contributed by atoms with E-state index >= 15 is 0 Å². The smallest absolute Gasteiger partial charge is 0.254 e. The van der Waals surface area contributed by atoms with Gasteiger partial charge in [-0.05, 0) is 26.3 Å². The van der Waals surface area contributed by atoms with Gasteiger partial charge in [0.2, 0.25) is 0 Å². The summed E-state index contributed by atoms with van der Waals surface area (Å²) in [6, 6.07) is 3.13. The van der Waals surface area contributed by atoms with Crippen LogP contribution in [0.4, 0.5) is 0 Å². The number of hydrogen-bond donors (Lipinski definition) is 1. The van der Waals surface area contributed by atoms with E-state index in [0.717, 1.165) is 0 Å². The summed E-state index contributed by atoms with van der Waals surface area (Å²) in [6.07, 6.45) is 0.636. The Hall–Kier alpha value is -1.96. The number of hydrogen-bond acceptors (Lipinski definition) is 4. The van der Waals surface area contributed by atoms with Gasteiger partial charge in [0.15, 0.2) is 0 Å². The van der Waals surface area contributed by atoms with Crippen molar-refractivity contribution in [1.29, 1.82) is 5.26 Å². The fourth-order valence-electron chi connectivity index (χ4n) is 1.28. The Kier molecular flexibility index (Phi) is 3.95. The van der Waals surface area contributed by atoms with Gasteiger partial charge in [-0.1, -0.05) is 6.92 Å². The van der Waals surface area contributed by atoms with Crippen molar-refractivity contribution in [2.24, 2.45) is 0 Å². The number of nitrogens with zero attached hydrogens (tertiary/aromatic N) is 3. The molecule has 1 aromatic heterocycles. The number of aryl methyl sites for hydroxylation is 2. The lowest BCUT2D eigenvalue weighted by molar-refractivity contribution is 0.0946. The summed E-state index contributed by atoms with van der Waals surface area (Å²) in [4.78, 5) is 11.8. The predicted molar refractivity (Wildman–Crippen MR) is 58.7 cm³/mol. The lowest BCUT2D eigenvalue weighted by Crippen LogP contribution is -2.32. The van der Waals surface area contributed by atoms with Crippen LogP contribution in [0, 0.1) is 18.3 Å². The van der Waals surface area contributed by atoms with E-state index < -0.39 is 6.04 Å².